The topological polar surface area (TPSA) is 20.3 Å². The van der Waals surface area contributed by atoms with E-state index in [-0.39, 0.29) is 5.91 Å². The quantitative estimate of drug-likeness (QED) is 0.759. The molecule has 1 amide bonds. The molecular weight excluding hydrogens is 246 g/mol. The molecule has 2 rings (SSSR count). The first-order valence-electron chi connectivity index (χ1n) is 7.51. The van der Waals surface area contributed by atoms with E-state index in [4.69, 9.17) is 0 Å². The first-order chi connectivity index (χ1) is 9.61. The third-order valence-corrected chi connectivity index (χ3v) is 3.95. The molecule has 0 N–H and O–H groups in total. The summed E-state index contributed by atoms with van der Waals surface area (Å²) in [6, 6.07) is 10.0. The molecule has 20 heavy (non-hydrogen) atoms. The van der Waals surface area contributed by atoms with E-state index in [1.807, 2.05) is 48.7 Å². The van der Waals surface area contributed by atoms with Gasteiger partial charge in [0.2, 0.25) is 5.91 Å². The van der Waals surface area contributed by atoms with Gasteiger partial charge < -0.3 is 4.90 Å². The van der Waals surface area contributed by atoms with Crippen LogP contribution in [0.4, 0.5) is 0 Å². The summed E-state index contributed by atoms with van der Waals surface area (Å²) in [6.07, 6.45) is 3.49. The third kappa shape index (κ3) is 3.50. The van der Waals surface area contributed by atoms with E-state index in [0.29, 0.717) is 5.92 Å². The van der Waals surface area contributed by atoms with Gasteiger partial charge in [-0.3, -0.25) is 4.79 Å². The van der Waals surface area contributed by atoms with Crippen LogP contribution in [0.1, 0.15) is 45.6 Å². The first-order valence-corrected chi connectivity index (χ1v) is 7.51. The van der Waals surface area contributed by atoms with Gasteiger partial charge in [0.25, 0.3) is 0 Å². The van der Waals surface area contributed by atoms with Crippen LogP contribution in [0, 0.1) is 12.5 Å². The lowest BCUT2D eigenvalue weighted by Gasteiger charge is -2.17. The molecule has 1 aliphatic heterocycles. The van der Waals surface area contributed by atoms with Crippen molar-refractivity contribution >= 4 is 5.91 Å². The molecule has 1 atom stereocenters. The standard InChI is InChI=1S/C18H24NO/c1-4-8-14(2)11-17-13-19(18(20)15(17)3)12-16-9-6-5-7-10-16/h5-7,9-10,12,14H,4,8,11,13H2,1-3H3. The number of carbonyl (C=O) groups is 1. The van der Waals surface area contributed by atoms with E-state index in [1.54, 1.807) is 0 Å². The average molecular weight is 270 g/mol. The molecule has 0 saturated carbocycles. The minimum Gasteiger partial charge on any atom is -0.325 e. The Morgan fingerprint density at radius 2 is 2.00 bits per heavy atom. The minimum atomic E-state index is 0.160. The molecule has 2 heteroatoms. The lowest BCUT2D eigenvalue weighted by Crippen LogP contribution is -2.24. The van der Waals surface area contributed by atoms with Crippen molar-refractivity contribution in [3.05, 3.63) is 53.6 Å². The zero-order valence-electron chi connectivity index (χ0n) is 12.7. The first kappa shape index (κ1) is 14.8. The van der Waals surface area contributed by atoms with E-state index < -0.39 is 0 Å². The maximum Gasteiger partial charge on any atom is 0.250 e. The van der Waals surface area contributed by atoms with Crippen molar-refractivity contribution in [2.75, 3.05) is 6.54 Å². The second-order valence-corrected chi connectivity index (χ2v) is 5.80. The van der Waals surface area contributed by atoms with Gasteiger partial charge >= 0.3 is 0 Å². The second kappa shape index (κ2) is 6.74. The molecule has 0 aliphatic carbocycles. The zero-order chi connectivity index (χ0) is 14.5. The highest BCUT2D eigenvalue weighted by Crippen LogP contribution is 2.27. The number of nitrogens with zero attached hydrogens (tertiary/aromatic N) is 1. The van der Waals surface area contributed by atoms with Gasteiger partial charge in [-0.05, 0) is 30.4 Å². The molecule has 0 saturated heterocycles. The summed E-state index contributed by atoms with van der Waals surface area (Å²) in [5.74, 6) is 0.821. The normalized spacial score (nSPS) is 16.9. The fourth-order valence-electron chi connectivity index (χ4n) is 2.82. The van der Waals surface area contributed by atoms with Crippen molar-refractivity contribution in [1.29, 1.82) is 0 Å². The lowest BCUT2D eigenvalue weighted by atomic mass is 9.95. The molecule has 1 radical (unpaired) electrons. The van der Waals surface area contributed by atoms with Crippen LogP contribution in [0.5, 0.6) is 0 Å². The predicted molar refractivity (Wildman–Crippen MR) is 82.9 cm³/mol. The molecule has 1 aliphatic rings. The largest absolute Gasteiger partial charge is 0.325 e. The Hall–Kier alpha value is -1.57. The molecule has 1 aromatic carbocycles. The Morgan fingerprint density at radius 3 is 2.65 bits per heavy atom. The van der Waals surface area contributed by atoms with Gasteiger partial charge in [-0.15, -0.1) is 0 Å². The number of rotatable bonds is 6. The Morgan fingerprint density at radius 1 is 1.30 bits per heavy atom. The van der Waals surface area contributed by atoms with Crippen molar-refractivity contribution in [3.8, 4) is 0 Å². The van der Waals surface area contributed by atoms with Crippen LogP contribution in [0.2, 0.25) is 0 Å². The molecule has 0 spiro atoms. The van der Waals surface area contributed by atoms with Crippen molar-refractivity contribution in [1.82, 2.24) is 4.90 Å². The second-order valence-electron chi connectivity index (χ2n) is 5.80. The average Bonchev–Trinajstić information content (AvgIpc) is 2.69. The molecule has 107 valence electrons. The summed E-state index contributed by atoms with van der Waals surface area (Å²) in [6.45, 7) is 9.18. The molecule has 2 nitrogen and oxygen atoms in total. The summed E-state index contributed by atoms with van der Waals surface area (Å²) >= 11 is 0. The summed E-state index contributed by atoms with van der Waals surface area (Å²) in [4.78, 5) is 14.1. The van der Waals surface area contributed by atoms with Gasteiger partial charge in [0.05, 0.1) is 6.54 Å². The van der Waals surface area contributed by atoms with Crippen LogP contribution in [0.15, 0.2) is 41.5 Å². The highest BCUT2D eigenvalue weighted by atomic mass is 16.2. The van der Waals surface area contributed by atoms with Crippen molar-refractivity contribution in [3.63, 3.8) is 0 Å². The molecule has 1 heterocycles. The Labute approximate surface area is 122 Å². The summed E-state index contributed by atoms with van der Waals surface area (Å²) in [5, 5.41) is 0. The van der Waals surface area contributed by atoms with E-state index in [0.717, 1.165) is 24.1 Å². The number of hydrogen-bond donors (Lipinski definition) is 0. The highest BCUT2D eigenvalue weighted by molar-refractivity contribution is 5.97. The molecular formula is C18H24NO. The summed E-state index contributed by atoms with van der Waals surface area (Å²) in [7, 11) is 0. The van der Waals surface area contributed by atoms with Crippen LogP contribution in [-0.2, 0) is 4.79 Å². The van der Waals surface area contributed by atoms with Gasteiger partial charge in [0.1, 0.15) is 0 Å². The minimum absolute atomic E-state index is 0.160. The van der Waals surface area contributed by atoms with Gasteiger partial charge in [-0.2, -0.15) is 0 Å². The number of benzene rings is 1. The number of amides is 1. The molecule has 1 unspecified atom stereocenters. The van der Waals surface area contributed by atoms with Crippen molar-refractivity contribution in [2.24, 2.45) is 5.92 Å². The van der Waals surface area contributed by atoms with Crippen molar-refractivity contribution < 1.29 is 4.79 Å². The SMILES string of the molecule is CCCC(C)CC1=C(C)C(=O)N([CH]c2ccccc2)C1. The highest BCUT2D eigenvalue weighted by Gasteiger charge is 2.27. The molecule has 0 fully saturated rings. The predicted octanol–water partition coefficient (Wildman–Crippen LogP) is 4.18. The van der Waals surface area contributed by atoms with Gasteiger partial charge in [0, 0.05) is 12.1 Å². The van der Waals surface area contributed by atoms with E-state index in [9.17, 15) is 4.79 Å². The Kier molecular flexibility index (Phi) is 4.99. The summed E-state index contributed by atoms with van der Waals surface area (Å²) in [5.41, 5.74) is 3.33. The maximum atomic E-state index is 12.3. The van der Waals surface area contributed by atoms with E-state index in [2.05, 4.69) is 13.8 Å². The number of carbonyl (C=O) groups excluding carboxylic acids is 1. The van der Waals surface area contributed by atoms with Crippen LogP contribution < -0.4 is 0 Å². The molecule has 1 aromatic rings. The molecule has 0 bridgehead atoms. The number of hydrogen-bond acceptors (Lipinski definition) is 1. The van der Waals surface area contributed by atoms with E-state index in [1.165, 1.54) is 18.4 Å². The van der Waals surface area contributed by atoms with Gasteiger partial charge in [-0.1, -0.05) is 57.0 Å². The Balaban J connectivity index is 1.99. The zero-order valence-corrected chi connectivity index (χ0v) is 12.7. The van der Waals surface area contributed by atoms with Crippen LogP contribution in [0.25, 0.3) is 0 Å². The fraction of sp³-hybridized carbons (Fsp3) is 0.444. The monoisotopic (exact) mass is 270 g/mol. The smallest absolute Gasteiger partial charge is 0.250 e. The van der Waals surface area contributed by atoms with E-state index >= 15 is 0 Å². The van der Waals surface area contributed by atoms with Gasteiger partial charge in [0.15, 0.2) is 0 Å². The third-order valence-electron chi connectivity index (χ3n) is 3.95. The van der Waals surface area contributed by atoms with Crippen LogP contribution in [0.3, 0.4) is 0 Å². The van der Waals surface area contributed by atoms with Crippen molar-refractivity contribution in [2.45, 2.75) is 40.0 Å². The van der Waals surface area contributed by atoms with Crippen LogP contribution in [-0.4, -0.2) is 17.4 Å². The van der Waals surface area contributed by atoms with Gasteiger partial charge in [-0.25, -0.2) is 0 Å². The van der Waals surface area contributed by atoms with Crippen LogP contribution >= 0.6 is 0 Å². The fourth-order valence-corrected chi connectivity index (χ4v) is 2.82. The molecule has 0 aromatic heterocycles. The Bertz CT molecular complexity index is 489. The summed E-state index contributed by atoms with van der Waals surface area (Å²) < 4.78 is 0. The maximum absolute atomic E-state index is 12.3. The lowest BCUT2D eigenvalue weighted by molar-refractivity contribution is -0.123.